The molecule has 0 heterocycles. The van der Waals surface area contributed by atoms with Gasteiger partial charge in [-0.25, -0.2) is 0 Å². The van der Waals surface area contributed by atoms with Gasteiger partial charge in [0.25, 0.3) is 0 Å². The Labute approximate surface area is 504 Å². The molecule has 0 spiro atoms. The maximum Gasteiger partial charge on any atom is 0.306 e. The first-order chi connectivity index (χ1) is 40.0. The van der Waals surface area contributed by atoms with Gasteiger partial charge in [0.05, 0.1) is 0 Å². The maximum absolute atomic E-state index is 13.0. The van der Waals surface area contributed by atoms with Crippen LogP contribution in [0, 0.1) is 0 Å². The van der Waals surface area contributed by atoms with E-state index in [0.29, 0.717) is 19.3 Å². The fourth-order valence-corrected chi connectivity index (χ4v) is 10.6. The standard InChI is InChI=1S/C75H136O6/c1-4-7-10-13-16-19-22-25-28-31-34-35-36-37-38-39-42-44-47-50-53-56-59-62-65-68-74(77)80-71-72(81-75(78)69-66-63-60-57-54-51-48-45-41-33-30-27-24-21-18-15-12-9-6-3)70-79-73(76)67-64-61-58-55-52-49-46-43-40-32-29-26-23-20-17-14-11-8-5-2/h17-18,20-21,26-27,29-31,34,72H,4-16,19,22-25,28,32-33,35-71H2,1-3H3/b20-17-,21-18-,29-26-,30-27-,34-31-. The molecule has 1 unspecified atom stereocenters. The summed E-state index contributed by atoms with van der Waals surface area (Å²) >= 11 is 0. The van der Waals surface area contributed by atoms with Gasteiger partial charge in [0, 0.05) is 19.3 Å². The molecule has 0 N–H and O–H groups in total. The van der Waals surface area contributed by atoms with Crippen LogP contribution >= 0.6 is 0 Å². The molecule has 0 amide bonds. The first kappa shape index (κ1) is 78.1. The van der Waals surface area contributed by atoms with E-state index in [4.69, 9.17) is 14.2 Å². The molecule has 0 radical (unpaired) electrons. The smallest absolute Gasteiger partial charge is 0.306 e. The summed E-state index contributed by atoms with van der Waals surface area (Å²) in [5.74, 6) is -0.859. The van der Waals surface area contributed by atoms with Crippen molar-refractivity contribution in [1.29, 1.82) is 0 Å². The topological polar surface area (TPSA) is 78.9 Å². The summed E-state index contributed by atoms with van der Waals surface area (Å²) in [6.07, 6.45) is 89.5. The molecule has 472 valence electrons. The van der Waals surface area contributed by atoms with E-state index in [1.165, 1.54) is 270 Å². The molecule has 0 saturated heterocycles. The van der Waals surface area contributed by atoms with Crippen LogP contribution in [-0.2, 0) is 28.6 Å². The lowest BCUT2D eigenvalue weighted by Gasteiger charge is -2.18. The van der Waals surface area contributed by atoms with Crippen molar-refractivity contribution in [2.45, 2.75) is 386 Å². The lowest BCUT2D eigenvalue weighted by atomic mass is 10.0. The van der Waals surface area contributed by atoms with Crippen molar-refractivity contribution >= 4 is 17.9 Å². The molecular weight excluding hydrogens is 997 g/mol. The summed E-state index contributed by atoms with van der Waals surface area (Å²) in [4.78, 5) is 38.5. The molecule has 0 aliphatic carbocycles. The number of esters is 3. The number of hydrogen-bond acceptors (Lipinski definition) is 6. The summed E-state index contributed by atoms with van der Waals surface area (Å²) in [6, 6.07) is 0. The van der Waals surface area contributed by atoms with E-state index in [1.54, 1.807) is 0 Å². The van der Waals surface area contributed by atoms with Crippen LogP contribution in [0.3, 0.4) is 0 Å². The number of carbonyl (C=O) groups is 3. The first-order valence-corrected chi connectivity index (χ1v) is 35.8. The SMILES string of the molecule is CCCCC/C=C\C/C=C\CCCCCCCCCCCC(=O)OCC(COC(=O)CCCCCCCCCCCCCCC/C=C\CCCCCCCCCC)OC(=O)CCCCCCCCCCC/C=C\C/C=C\CCCCC. The van der Waals surface area contributed by atoms with E-state index in [9.17, 15) is 14.4 Å². The quantitative estimate of drug-likeness (QED) is 0.0261. The minimum Gasteiger partial charge on any atom is -0.462 e. The summed E-state index contributed by atoms with van der Waals surface area (Å²) in [6.45, 7) is 6.65. The number of carbonyl (C=O) groups excluding carboxylic acids is 3. The Bertz CT molecular complexity index is 1440. The third kappa shape index (κ3) is 67.8. The van der Waals surface area contributed by atoms with Gasteiger partial charge < -0.3 is 14.2 Å². The molecule has 0 aromatic rings. The number of allylic oxidation sites excluding steroid dienone is 10. The van der Waals surface area contributed by atoms with Crippen LogP contribution in [0.4, 0.5) is 0 Å². The average Bonchev–Trinajstić information content (AvgIpc) is 3.47. The predicted molar refractivity (Wildman–Crippen MR) is 353 cm³/mol. The normalized spacial score (nSPS) is 12.4. The van der Waals surface area contributed by atoms with Crippen molar-refractivity contribution in [3.8, 4) is 0 Å². The Balaban J connectivity index is 4.32. The van der Waals surface area contributed by atoms with Gasteiger partial charge >= 0.3 is 17.9 Å². The van der Waals surface area contributed by atoms with Crippen LogP contribution in [0.15, 0.2) is 60.8 Å². The van der Waals surface area contributed by atoms with Gasteiger partial charge in [-0.3, -0.25) is 14.4 Å². The molecule has 0 aliphatic rings. The molecule has 81 heavy (non-hydrogen) atoms. The van der Waals surface area contributed by atoms with Crippen molar-refractivity contribution in [3.63, 3.8) is 0 Å². The summed E-state index contributed by atoms with van der Waals surface area (Å²) < 4.78 is 17.0. The number of ether oxygens (including phenoxy) is 3. The molecule has 0 fully saturated rings. The van der Waals surface area contributed by atoms with Crippen LogP contribution in [0.1, 0.15) is 380 Å². The fraction of sp³-hybridized carbons (Fsp3) is 0.827. The van der Waals surface area contributed by atoms with Gasteiger partial charge in [-0.1, -0.05) is 313 Å². The number of unbranched alkanes of at least 4 members (excludes halogenated alkanes) is 45. The van der Waals surface area contributed by atoms with E-state index < -0.39 is 6.10 Å². The predicted octanol–water partition coefficient (Wildman–Crippen LogP) is 24.7. The van der Waals surface area contributed by atoms with Crippen molar-refractivity contribution in [2.24, 2.45) is 0 Å². The molecular formula is C75H136O6. The maximum atomic E-state index is 13.0. The molecule has 0 bridgehead atoms. The minimum absolute atomic E-state index is 0.0744. The number of hydrogen-bond donors (Lipinski definition) is 0. The van der Waals surface area contributed by atoms with Crippen LogP contribution in [0.25, 0.3) is 0 Å². The Hall–Kier alpha value is -2.89. The molecule has 6 heteroatoms. The molecule has 0 rings (SSSR count). The zero-order valence-corrected chi connectivity index (χ0v) is 54.3. The largest absolute Gasteiger partial charge is 0.462 e. The minimum atomic E-state index is -0.780. The molecule has 6 nitrogen and oxygen atoms in total. The van der Waals surface area contributed by atoms with E-state index in [-0.39, 0.29) is 31.1 Å². The van der Waals surface area contributed by atoms with Crippen molar-refractivity contribution in [1.82, 2.24) is 0 Å². The lowest BCUT2D eigenvalue weighted by molar-refractivity contribution is -0.167. The van der Waals surface area contributed by atoms with Crippen LogP contribution < -0.4 is 0 Å². The van der Waals surface area contributed by atoms with Crippen molar-refractivity contribution in [2.75, 3.05) is 13.2 Å². The highest BCUT2D eigenvalue weighted by Crippen LogP contribution is 2.18. The summed E-state index contributed by atoms with van der Waals surface area (Å²) in [5.41, 5.74) is 0. The molecule has 0 aromatic heterocycles. The fourth-order valence-electron chi connectivity index (χ4n) is 10.6. The number of rotatable bonds is 66. The summed E-state index contributed by atoms with van der Waals surface area (Å²) in [7, 11) is 0. The second-order valence-corrected chi connectivity index (χ2v) is 24.1. The van der Waals surface area contributed by atoms with Gasteiger partial charge in [-0.2, -0.15) is 0 Å². The molecule has 1 atom stereocenters. The third-order valence-electron chi connectivity index (χ3n) is 16.0. The Morgan fingerprint density at radius 3 is 0.716 bits per heavy atom. The average molecular weight is 1130 g/mol. The highest BCUT2D eigenvalue weighted by atomic mass is 16.6. The monoisotopic (exact) mass is 1130 g/mol. The Morgan fingerprint density at radius 1 is 0.247 bits per heavy atom. The van der Waals surface area contributed by atoms with Crippen LogP contribution in [0.5, 0.6) is 0 Å². The Morgan fingerprint density at radius 2 is 0.444 bits per heavy atom. The van der Waals surface area contributed by atoms with Crippen LogP contribution in [0.2, 0.25) is 0 Å². The van der Waals surface area contributed by atoms with Crippen molar-refractivity contribution in [3.05, 3.63) is 60.8 Å². The van der Waals surface area contributed by atoms with Gasteiger partial charge in [0.1, 0.15) is 13.2 Å². The van der Waals surface area contributed by atoms with E-state index >= 15 is 0 Å². The van der Waals surface area contributed by atoms with Crippen LogP contribution in [-0.4, -0.2) is 37.2 Å². The van der Waals surface area contributed by atoms with Gasteiger partial charge in [-0.15, -0.1) is 0 Å². The first-order valence-electron chi connectivity index (χ1n) is 35.8. The third-order valence-corrected chi connectivity index (χ3v) is 16.0. The van der Waals surface area contributed by atoms with Crippen molar-refractivity contribution < 1.29 is 28.6 Å². The summed E-state index contributed by atoms with van der Waals surface area (Å²) in [5, 5.41) is 0. The van der Waals surface area contributed by atoms with Gasteiger partial charge in [0.15, 0.2) is 6.10 Å². The van der Waals surface area contributed by atoms with E-state index in [1.807, 2.05) is 0 Å². The second kappa shape index (κ2) is 69.6. The van der Waals surface area contributed by atoms with Gasteiger partial charge in [0.2, 0.25) is 0 Å². The zero-order chi connectivity index (χ0) is 58.5. The van der Waals surface area contributed by atoms with E-state index in [0.717, 1.165) is 70.6 Å². The highest BCUT2D eigenvalue weighted by Gasteiger charge is 2.19. The second-order valence-electron chi connectivity index (χ2n) is 24.1. The zero-order valence-electron chi connectivity index (χ0n) is 54.3. The van der Waals surface area contributed by atoms with E-state index in [2.05, 4.69) is 81.5 Å². The highest BCUT2D eigenvalue weighted by molar-refractivity contribution is 5.71. The molecule has 0 aromatic carbocycles. The molecule has 0 saturated carbocycles. The lowest BCUT2D eigenvalue weighted by Crippen LogP contribution is -2.30. The Kier molecular flexibility index (Phi) is 67.1. The van der Waals surface area contributed by atoms with Gasteiger partial charge in [-0.05, 0) is 109 Å². The molecule has 0 aliphatic heterocycles.